The largest absolute Gasteiger partial charge is 0.442 e. The summed E-state index contributed by atoms with van der Waals surface area (Å²) in [5.74, 6) is 0.588. The fourth-order valence-electron chi connectivity index (χ4n) is 4.05. The van der Waals surface area contributed by atoms with Crippen LogP contribution in [0.4, 0.5) is 14.9 Å². The summed E-state index contributed by atoms with van der Waals surface area (Å²) in [5.41, 5.74) is 1.97. The second-order valence-electron chi connectivity index (χ2n) is 7.20. The molecule has 4 rings (SSSR count). The van der Waals surface area contributed by atoms with Gasteiger partial charge in [-0.3, -0.25) is 9.69 Å². The van der Waals surface area contributed by atoms with Crippen LogP contribution in [0.3, 0.4) is 0 Å². The van der Waals surface area contributed by atoms with Crippen molar-refractivity contribution in [3.63, 3.8) is 0 Å². The SMILES string of the molecule is CC(=O)NC[C@H]1CN(c2ccc(C3=C[C@H]4[C@@H](CO)[C@H]4C3)c(F)c2)C(=O)O1. The Hall–Kier alpha value is -2.41. The topological polar surface area (TPSA) is 78.9 Å². The molecule has 2 amide bonds. The molecular weight excluding hydrogens is 339 g/mol. The second-order valence-corrected chi connectivity index (χ2v) is 7.20. The van der Waals surface area contributed by atoms with Gasteiger partial charge in [0, 0.05) is 19.1 Å². The Labute approximate surface area is 150 Å². The van der Waals surface area contributed by atoms with Gasteiger partial charge in [0.25, 0.3) is 0 Å². The zero-order chi connectivity index (χ0) is 18.4. The molecule has 6 nitrogen and oxygen atoms in total. The van der Waals surface area contributed by atoms with Crippen molar-refractivity contribution in [2.24, 2.45) is 17.8 Å². The minimum atomic E-state index is -0.542. The number of hydrogen-bond acceptors (Lipinski definition) is 4. The number of aliphatic hydroxyl groups excluding tert-OH is 1. The molecule has 26 heavy (non-hydrogen) atoms. The molecule has 2 fully saturated rings. The van der Waals surface area contributed by atoms with E-state index < -0.39 is 12.2 Å². The van der Waals surface area contributed by atoms with Crippen LogP contribution in [0.2, 0.25) is 0 Å². The first-order valence-electron chi connectivity index (χ1n) is 8.82. The first kappa shape index (κ1) is 17.0. The average Bonchev–Trinajstić information content (AvgIpc) is 2.93. The van der Waals surface area contributed by atoms with Gasteiger partial charge in [-0.2, -0.15) is 0 Å². The number of carbonyl (C=O) groups excluding carboxylic acids is 2. The lowest BCUT2D eigenvalue weighted by Gasteiger charge is -2.15. The summed E-state index contributed by atoms with van der Waals surface area (Å²) in [7, 11) is 0. The molecule has 2 aliphatic carbocycles. The number of benzene rings is 1. The van der Waals surface area contributed by atoms with E-state index in [0.29, 0.717) is 29.0 Å². The number of anilines is 1. The van der Waals surface area contributed by atoms with Crippen molar-refractivity contribution in [2.75, 3.05) is 24.6 Å². The molecule has 138 valence electrons. The van der Waals surface area contributed by atoms with E-state index in [2.05, 4.69) is 11.4 Å². The predicted octanol–water partition coefficient (Wildman–Crippen LogP) is 1.93. The molecular formula is C19H21FN2O4. The van der Waals surface area contributed by atoms with Crippen LogP contribution in [0.15, 0.2) is 24.3 Å². The van der Waals surface area contributed by atoms with Crippen molar-refractivity contribution in [2.45, 2.75) is 19.4 Å². The van der Waals surface area contributed by atoms with Crippen molar-refractivity contribution < 1.29 is 23.8 Å². The minimum Gasteiger partial charge on any atom is -0.442 e. The smallest absolute Gasteiger partial charge is 0.414 e. The number of carbonyl (C=O) groups is 2. The highest BCUT2D eigenvalue weighted by molar-refractivity contribution is 5.90. The Kier molecular flexibility index (Phi) is 4.19. The quantitative estimate of drug-likeness (QED) is 0.841. The first-order valence-corrected chi connectivity index (χ1v) is 8.82. The molecule has 0 bridgehead atoms. The number of cyclic esters (lactones) is 1. The van der Waals surface area contributed by atoms with Crippen LogP contribution in [-0.4, -0.2) is 42.9 Å². The molecule has 1 aliphatic heterocycles. The van der Waals surface area contributed by atoms with Gasteiger partial charge >= 0.3 is 6.09 Å². The van der Waals surface area contributed by atoms with Crippen molar-refractivity contribution in [1.82, 2.24) is 5.32 Å². The van der Waals surface area contributed by atoms with Crippen LogP contribution in [0.1, 0.15) is 18.9 Å². The fraction of sp³-hybridized carbons (Fsp3) is 0.474. The molecule has 1 saturated heterocycles. The van der Waals surface area contributed by atoms with Crippen LogP contribution >= 0.6 is 0 Å². The summed E-state index contributed by atoms with van der Waals surface area (Å²) in [5, 5.41) is 11.8. The summed E-state index contributed by atoms with van der Waals surface area (Å²) >= 11 is 0. The molecule has 0 radical (unpaired) electrons. The molecule has 2 N–H and O–H groups in total. The van der Waals surface area contributed by atoms with Crippen molar-refractivity contribution >= 4 is 23.3 Å². The summed E-state index contributed by atoms with van der Waals surface area (Å²) in [6.45, 7) is 2.09. The molecule has 0 aromatic heterocycles. The Morgan fingerprint density at radius 2 is 2.27 bits per heavy atom. The number of halogens is 1. The van der Waals surface area contributed by atoms with Crippen molar-refractivity contribution in [3.05, 3.63) is 35.7 Å². The van der Waals surface area contributed by atoms with Gasteiger partial charge in [-0.15, -0.1) is 0 Å². The molecule has 1 aromatic rings. The molecule has 7 heteroatoms. The lowest BCUT2D eigenvalue weighted by molar-refractivity contribution is -0.119. The van der Waals surface area contributed by atoms with Crippen LogP contribution in [0.5, 0.6) is 0 Å². The lowest BCUT2D eigenvalue weighted by atomic mass is 10.00. The van der Waals surface area contributed by atoms with E-state index in [9.17, 15) is 19.1 Å². The number of amides is 2. The highest BCUT2D eigenvalue weighted by atomic mass is 19.1. The zero-order valence-corrected chi connectivity index (χ0v) is 14.4. The molecule has 0 unspecified atom stereocenters. The standard InChI is InChI=1S/C19H21FN2O4/c1-10(24)21-7-13-8-22(19(25)26-13)12-2-3-14(18(20)6-12)11-4-15-16(5-11)17(15)9-23/h2-4,6,13,15-17,23H,5,7-9H2,1H3,(H,21,24)/t13-,15+,16-,17+/m0/s1. The molecule has 1 saturated carbocycles. The van der Waals surface area contributed by atoms with Gasteiger partial charge in [-0.25, -0.2) is 9.18 Å². The van der Waals surface area contributed by atoms with E-state index >= 15 is 0 Å². The number of hydrogen-bond donors (Lipinski definition) is 2. The molecule has 4 atom stereocenters. The number of fused-ring (bicyclic) bond motifs is 1. The van der Waals surface area contributed by atoms with E-state index in [4.69, 9.17) is 4.74 Å². The Morgan fingerprint density at radius 1 is 1.46 bits per heavy atom. The third-order valence-electron chi connectivity index (χ3n) is 5.52. The van der Waals surface area contributed by atoms with Gasteiger partial charge < -0.3 is 15.2 Å². The van der Waals surface area contributed by atoms with Crippen LogP contribution < -0.4 is 10.2 Å². The normalized spacial score (nSPS) is 29.3. The van der Waals surface area contributed by atoms with E-state index in [1.807, 2.05) is 0 Å². The fourth-order valence-corrected chi connectivity index (χ4v) is 4.05. The van der Waals surface area contributed by atoms with E-state index in [1.165, 1.54) is 17.9 Å². The van der Waals surface area contributed by atoms with E-state index in [-0.39, 0.29) is 31.4 Å². The Bertz CT molecular complexity index is 794. The highest BCUT2D eigenvalue weighted by Crippen LogP contribution is 2.57. The summed E-state index contributed by atoms with van der Waals surface area (Å²) in [6.07, 6.45) is 1.86. The number of nitrogens with zero attached hydrogens (tertiary/aromatic N) is 1. The maximum absolute atomic E-state index is 14.6. The minimum absolute atomic E-state index is 0.192. The van der Waals surface area contributed by atoms with Gasteiger partial charge in [0.05, 0.1) is 18.8 Å². The van der Waals surface area contributed by atoms with Crippen LogP contribution in [-0.2, 0) is 9.53 Å². The molecule has 3 aliphatic rings. The van der Waals surface area contributed by atoms with Gasteiger partial charge in [0.1, 0.15) is 11.9 Å². The third-order valence-corrected chi connectivity index (χ3v) is 5.52. The van der Waals surface area contributed by atoms with Gasteiger partial charge in [-0.1, -0.05) is 6.08 Å². The maximum Gasteiger partial charge on any atom is 0.414 e. The summed E-state index contributed by atoms with van der Waals surface area (Å²) in [4.78, 5) is 24.4. The second kappa shape index (κ2) is 6.39. The predicted molar refractivity (Wildman–Crippen MR) is 92.8 cm³/mol. The molecule has 0 spiro atoms. The summed E-state index contributed by atoms with van der Waals surface area (Å²) < 4.78 is 19.8. The average molecular weight is 360 g/mol. The van der Waals surface area contributed by atoms with E-state index in [0.717, 1.165) is 12.0 Å². The Morgan fingerprint density at radius 3 is 2.88 bits per heavy atom. The number of allylic oxidation sites excluding steroid dienone is 2. The van der Waals surface area contributed by atoms with Crippen LogP contribution in [0, 0.1) is 23.6 Å². The maximum atomic E-state index is 14.6. The van der Waals surface area contributed by atoms with Crippen molar-refractivity contribution in [3.8, 4) is 0 Å². The third kappa shape index (κ3) is 2.96. The number of ether oxygens (including phenoxy) is 1. The zero-order valence-electron chi connectivity index (χ0n) is 14.4. The van der Waals surface area contributed by atoms with Gasteiger partial charge in [0.15, 0.2) is 0 Å². The molecule has 1 aromatic carbocycles. The summed E-state index contributed by atoms with van der Waals surface area (Å²) in [6, 6.07) is 4.77. The lowest BCUT2D eigenvalue weighted by Crippen LogP contribution is -2.33. The first-order chi connectivity index (χ1) is 12.5. The number of nitrogens with one attached hydrogen (secondary N) is 1. The highest BCUT2D eigenvalue weighted by Gasteiger charge is 2.51. The van der Waals surface area contributed by atoms with Gasteiger partial charge in [0.2, 0.25) is 5.91 Å². The van der Waals surface area contributed by atoms with Crippen LogP contribution in [0.25, 0.3) is 5.57 Å². The Balaban J connectivity index is 1.46. The van der Waals surface area contributed by atoms with Gasteiger partial charge in [-0.05, 0) is 47.9 Å². The number of rotatable bonds is 5. The van der Waals surface area contributed by atoms with E-state index in [1.54, 1.807) is 12.1 Å². The molecule has 1 heterocycles. The number of aliphatic hydroxyl groups is 1. The monoisotopic (exact) mass is 360 g/mol. The van der Waals surface area contributed by atoms with Crippen molar-refractivity contribution in [1.29, 1.82) is 0 Å².